The minimum Gasteiger partial charge on any atom is -0.353 e. The summed E-state index contributed by atoms with van der Waals surface area (Å²) in [4.78, 5) is 27.7. The Morgan fingerprint density at radius 3 is 3.00 bits per heavy atom. The lowest BCUT2D eigenvalue weighted by Gasteiger charge is -2.33. The number of carbonyl (C=O) groups excluding carboxylic acids is 1. The first-order valence-electron chi connectivity index (χ1n) is 10.1. The lowest BCUT2D eigenvalue weighted by atomic mass is 10.0. The SMILES string of the molecule is CCc1nn(CC(=O)NCCN2CCCC[C@@H]2C)c(=O)c2cc3sccc3n12. The number of aromatic nitrogens is 3. The van der Waals surface area contributed by atoms with E-state index in [9.17, 15) is 9.59 Å². The van der Waals surface area contributed by atoms with Crippen LogP contribution in [0.25, 0.3) is 15.7 Å². The molecule has 150 valence electrons. The van der Waals surface area contributed by atoms with Crippen molar-refractivity contribution in [3.05, 3.63) is 33.7 Å². The van der Waals surface area contributed by atoms with Crippen molar-refractivity contribution < 1.29 is 4.79 Å². The molecule has 0 aromatic carbocycles. The van der Waals surface area contributed by atoms with Gasteiger partial charge < -0.3 is 5.32 Å². The number of aryl methyl sites for hydroxylation is 1. The first-order chi connectivity index (χ1) is 13.6. The lowest BCUT2D eigenvalue weighted by molar-refractivity contribution is -0.122. The Balaban J connectivity index is 1.47. The monoisotopic (exact) mass is 401 g/mol. The van der Waals surface area contributed by atoms with Gasteiger partial charge in [-0.05, 0) is 43.8 Å². The third-order valence-electron chi connectivity index (χ3n) is 5.64. The van der Waals surface area contributed by atoms with Gasteiger partial charge in [-0.15, -0.1) is 11.3 Å². The Morgan fingerprint density at radius 1 is 1.36 bits per heavy atom. The van der Waals surface area contributed by atoms with E-state index in [1.807, 2.05) is 28.8 Å². The highest BCUT2D eigenvalue weighted by Crippen LogP contribution is 2.24. The summed E-state index contributed by atoms with van der Waals surface area (Å²) in [5.41, 5.74) is 1.37. The fourth-order valence-corrected chi connectivity index (χ4v) is 4.88. The zero-order valence-corrected chi connectivity index (χ0v) is 17.3. The maximum Gasteiger partial charge on any atom is 0.291 e. The van der Waals surface area contributed by atoms with E-state index in [2.05, 4.69) is 22.2 Å². The maximum absolute atomic E-state index is 12.9. The summed E-state index contributed by atoms with van der Waals surface area (Å²) in [6.45, 7) is 6.75. The molecule has 1 atom stereocenters. The minimum atomic E-state index is -0.222. The molecule has 3 aromatic heterocycles. The van der Waals surface area contributed by atoms with Crippen molar-refractivity contribution in [2.75, 3.05) is 19.6 Å². The van der Waals surface area contributed by atoms with Crippen LogP contribution in [0.3, 0.4) is 0 Å². The summed E-state index contributed by atoms with van der Waals surface area (Å²) in [5, 5.41) is 9.43. The number of fused-ring (bicyclic) bond motifs is 3. The predicted molar refractivity (Wildman–Crippen MR) is 112 cm³/mol. The van der Waals surface area contributed by atoms with Gasteiger partial charge in [-0.3, -0.25) is 18.9 Å². The number of hydrogen-bond donors (Lipinski definition) is 1. The number of carbonyl (C=O) groups is 1. The van der Waals surface area contributed by atoms with Crippen molar-refractivity contribution in [1.82, 2.24) is 24.4 Å². The van der Waals surface area contributed by atoms with E-state index in [-0.39, 0.29) is 18.0 Å². The predicted octanol–water partition coefficient (Wildman–Crippen LogP) is 2.26. The Kier molecular flexibility index (Phi) is 5.50. The molecule has 0 saturated carbocycles. The van der Waals surface area contributed by atoms with E-state index in [0.717, 1.165) is 29.1 Å². The topological polar surface area (TPSA) is 71.6 Å². The average Bonchev–Trinajstić information content (AvgIpc) is 3.27. The molecule has 1 aliphatic heterocycles. The number of amides is 1. The first kappa shape index (κ1) is 19.1. The zero-order chi connectivity index (χ0) is 19.7. The van der Waals surface area contributed by atoms with E-state index in [1.165, 1.54) is 23.9 Å². The van der Waals surface area contributed by atoms with Gasteiger partial charge in [0, 0.05) is 25.6 Å². The van der Waals surface area contributed by atoms with Crippen LogP contribution >= 0.6 is 11.3 Å². The molecule has 0 radical (unpaired) electrons. The highest BCUT2D eigenvalue weighted by Gasteiger charge is 2.18. The summed E-state index contributed by atoms with van der Waals surface area (Å²) in [7, 11) is 0. The number of thiophene rings is 1. The van der Waals surface area contributed by atoms with E-state index < -0.39 is 0 Å². The lowest BCUT2D eigenvalue weighted by Crippen LogP contribution is -2.43. The van der Waals surface area contributed by atoms with Crippen LogP contribution in [0.2, 0.25) is 0 Å². The molecule has 1 aliphatic rings. The van der Waals surface area contributed by atoms with Crippen molar-refractivity contribution in [1.29, 1.82) is 0 Å². The van der Waals surface area contributed by atoms with Gasteiger partial charge in [-0.2, -0.15) is 5.10 Å². The Morgan fingerprint density at radius 2 is 2.21 bits per heavy atom. The molecule has 3 aromatic rings. The van der Waals surface area contributed by atoms with E-state index in [4.69, 9.17) is 0 Å². The molecule has 0 unspecified atom stereocenters. The fraction of sp³-hybridized carbons (Fsp3) is 0.550. The molecule has 7 nitrogen and oxygen atoms in total. The van der Waals surface area contributed by atoms with Gasteiger partial charge in [-0.25, -0.2) is 4.68 Å². The van der Waals surface area contributed by atoms with Crippen molar-refractivity contribution >= 4 is 33.0 Å². The fourth-order valence-electron chi connectivity index (χ4n) is 4.08. The van der Waals surface area contributed by atoms with Gasteiger partial charge in [0.25, 0.3) is 5.56 Å². The second-order valence-electron chi connectivity index (χ2n) is 7.50. The van der Waals surface area contributed by atoms with Crippen LogP contribution in [0.1, 0.15) is 38.9 Å². The molecule has 4 rings (SSSR count). The van der Waals surface area contributed by atoms with Crippen LogP contribution in [0.15, 0.2) is 22.3 Å². The summed E-state index contributed by atoms with van der Waals surface area (Å²) in [6, 6.07) is 4.48. The highest BCUT2D eigenvalue weighted by molar-refractivity contribution is 7.17. The first-order valence-corrected chi connectivity index (χ1v) is 11.0. The van der Waals surface area contributed by atoms with Crippen LogP contribution in [-0.4, -0.2) is 50.7 Å². The van der Waals surface area contributed by atoms with Gasteiger partial charge in [0.2, 0.25) is 5.91 Å². The van der Waals surface area contributed by atoms with Gasteiger partial charge in [0.1, 0.15) is 17.9 Å². The number of rotatable bonds is 6. The maximum atomic E-state index is 12.9. The van der Waals surface area contributed by atoms with Gasteiger partial charge in [-0.1, -0.05) is 13.3 Å². The van der Waals surface area contributed by atoms with Crippen molar-refractivity contribution in [3.8, 4) is 0 Å². The molecule has 1 fully saturated rings. The quantitative estimate of drug-likeness (QED) is 0.688. The van der Waals surface area contributed by atoms with Crippen LogP contribution in [0.4, 0.5) is 0 Å². The second kappa shape index (κ2) is 8.05. The molecule has 4 heterocycles. The number of hydrogen-bond acceptors (Lipinski definition) is 5. The minimum absolute atomic E-state index is 0.0449. The third kappa shape index (κ3) is 3.58. The number of piperidine rings is 1. The average molecular weight is 402 g/mol. The molecule has 0 bridgehead atoms. The highest BCUT2D eigenvalue weighted by atomic mass is 32.1. The summed E-state index contributed by atoms with van der Waals surface area (Å²) < 4.78 is 4.28. The van der Waals surface area contributed by atoms with Crippen LogP contribution in [-0.2, 0) is 17.8 Å². The van der Waals surface area contributed by atoms with Crippen LogP contribution < -0.4 is 10.9 Å². The molecular weight excluding hydrogens is 374 g/mol. The van der Waals surface area contributed by atoms with Crippen LogP contribution in [0.5, 0.6) is 0 Å². The number of likely N-dealkylation sites (tertiary alicyclic amines) is 1. The van der Waals surface area contributed by atoms with E-state index in [0.29, 0.717) is 24.5 Å². The molecule has 8 heteroatoms. The van der Waals surface area contributed by atoms with Crippen LogP contribution in [0, 0.1) is 0 Å². The normalized spacial score (nSPS) is 18.1. The van der Waals surface area contributed by atoms with Gasteiger partial charge >= 0.3 is 0 Å². The summed E-state index contributed by atoms with van der Waals surface area (Å²) in [5.74, 6) is 0.622. The smallest absolute Gasteiger partial charge is 0.291 e. The zero-order valence-electron chi connectivity index (χ0n) is 16.5. The van der Waals surface area contributed by atoms with Gasteiger partial charge in [0.05, 0.1) is 10.2 Å². The largest absolute Gasteiger partial charge is 0.353 e. The van der Waals surface area contributed by atoms with Crippen molar-refractivity contribution in [2.24, 2.45) is 0 Å². The van der Waals surface area contributed by atoms with Gasteiger partial charge in [0.15, 0.2) is 0 Å². The second-order valence-corrected chi connectivity index (χ2v) is 8.45. The third-order valence-corrected chi connectivity index (χ3v) is 6.50. The Bertz CT molecular complexity index is 1050. The number of nitrogens with zero attached hydrogens (tertiary/aromatic N) is 4. The molecule has 1 N–H and O–H groups in total. The number of nitrogens with one attached hydrogen (secondary N) is 1. The standard InChI is InChI=1S/C20H27N5O2S/c1-3-18-22-24(20(27)16-12-17-15(25(16)18)7-11-28-17)13-19(26)21-8-10-23-9-5-4-6-14(23)2/h7,11-12,14H,3-6,8-10,13H2,1-2H3,(H,21,26)/t14-/m0/s1. The van der Waals surface area contributed by atoms with Crippen molar-refractivity contribution in [2.45, 2.75) is 52.1 Å². The molecule has 1 saturated heterocycles. The van der Waals surface area contributed by atoms with Crippen molar-refractivity contribution in [3.63, 3.8) is 0 Å². The molecule has 0 spiro atoms. The Hall–Kier alpha value is -2.19. The molecule has 28 heavy (non-hydrogen) atoms. The molecule has 1 amide bonds. The summed E-state index contributed by atoms with van der Waals surface area (Å²) in [6.07, 6.45) is 4.43. The Labute approximate surface area is 167 Å². The summed E-state index contributed by atoms with van der Waals surface area (Å²) >= 11 is 1.60. The molecular formula is C20H27N5O2S. The molecule has 0 aliphatic carbocycles. The van der Waals surface area contributed by atoms with E-state index in [1.54, 1.807) is 11.3 Å². The van der Waals surface area contributed by atoms with E-state index >= 15 is 0 Å².